The summed E-state index contributed by atoms with van der Waals surface area (Å²) < 4.78 is 12.8. The van der Waals surface area contributed by atoms with Crippen LogP contribution in [0.5, 0.6) is 0 Å². The first-order valence-corrected chi connectivity index (χ1v) is 26.8. The molecule has 4 aliphatic rings. The fourth-order valence-corrected chi connectivity index (χ4v) is 7.31. The van der Waals surface area contributed by atoms with Crippen LogP contribution in [0.15, 0.2) is 48.0 Å². The second-order valence-corrected chi connectivity index (χ2v) is 28.0. The summed E-state index contributed by atoms with van der Waals surface area (Å²) >= 11 is -0.826. The van der Waals surface area contributed by atoms with Crippen LogP contribution >= 0.6 is 17.0 Å². The van der Waals surface area contributed by atoms with Crippen LogP contribution in [0.25, 0.3) is 0 Å². The van der Waals surface area contributed by atoms with Crippen molar-refractivity contribution in [1.29, 1.82) is 0 Å². The molecular formula is C34H60Cl2O2Si2Zr-4. The van der Waals surface area contributed by atoms with Crippen molar-refractivity contribution in [2.45, 2.75) is 103 Å². The number of hydrogen-bond donors (Lipinski definition) is 0. The zero-order valence-corrected chi connectivity index (χ0v) is 34.2. The Hall–Kier alpha value is 0.457. The van der Waals surface area contributed by atoms with Gasteiger partial charge in [-0.2, -0.15) is 11.8 Å². The van der Waals surface area contributed by atoms with Crippen molar-refractivity contribution in [2.75, 3.05) is 0 Å². The van der Waals surface area contributed by atoms with Crippen LogP contribution in [-0.4, -0.2) is 16.6 Å². The van der Waals surface area contributed by atoms with Gasteiger partial charge in [-0.05, 0) is 97.1 Å². The van der Waals surface area contributed by atoms with Crippen molar-refractivity contribution >= 4 is 33.7 Å². The van der Waals surface area contributed by atoms with Gasteiger partial charge in [-0.1, -0.05) is 66.5 Å². The number of hydrogen-bond acceptors (Lipinski definition) is 2. The van der Waals surface area contributed by atoms with Gasteiger partial charge in [0.1, 0.15) is 0 Å². The molecule has 0 radical (unpaired) electrons. The van der Waals surface area contributed by atoms with Crippen LogP contribution in [0.4, 0.5) is 0 Å². The summed E-state index contributed by atoms with van der Waals surface area (Å²) in [7, 11) is 6.49. The Balaban J connectivity index is 0.000000682. The Labute approximate surface area is 277 Å². The molecule has 238 valence electrons. The summed E-state index contributed by atoms with van der Waals surface area (Å²) in [4.78, 5) is 0. The monoisotopic (exact) mass is 716 g/mol. The predicted octanol–water partition coefficient (Wildman–Crippen LogP) is 12.2. The summed E-state index contributed by atoms with van der Waals surface area (Å²) in [5.41, 5.74) is 0. The van der Waals surface area contributed by atoms with Gasteiger partial charge in [0.2, 0.25) is 16.6 Å². The summed E-state index contributed by atoms with van der Waals surface area (Å²) in [6.07, 6.45) is 18.8. The van der Waals surface area contributed by atoms with E-state index in [9.17, 15) is 0 Å². The molecule has 2 nitrogen and oxygen atoms in total. The van der Waals surface area contributed by atoms with E-state index in [1.807, 2.05) is 0 Å². The normalized spacial score (nSPS) is 28.5. The molecule has 4 rings (SSSR count). The molecule has 6 atom stereocenters. The van der Waals surface area contributed by atoms with E-state index in [0.29, 0.717) is 35.5 Å². The van der Waals surface area contributed by atoms with E-state index in [0.717, 1.165) is 11.5 Å². The molecule has 0 aromatic carbocycles. The van der Waals surface area contributed by atoms with Crippen LogP contribution < -0.4 is 0 Å². The summed E-state index contributed by atoms with van der Waals surface area (Å²) in [6, 6.07) is 0. The molecule has 2 saturated carbocycles. The van der Waals surface area contributed by atoms with E-state index in [2.05, 4.69) is 118 Å². The Kier molecular flexibility index (Phi) is 16.9. The fourth-order valence-electron chi connectivity index (χ4n) is 5.25. The van der Waals surface area contributed by atoms with Gasteiger partial charge in [0.05, 0.1) is 11.5 Å². The molecule has 4 aliphatic carbocycles. The Morgan fingerprint density at radius 3 is 1.24 bits per heavy atom. The molecule has 0 heterocycles. The summed E-state index contributed by atoms with van der Waals surface area (Å²) in [5, 5.41) is 0.534. The molecule has 7 heteroatoms. The standard InChI is InChI=1S/2C16H27OSi.2CH3.2ClH.Zr/c2*1-12-7-8-13-11-14(9-10-15(12)13)17-18(5,6)16(2,3)4;;;;;/h2*9-13,15H,1,7-8H2,2-6H3;2*1H3;2*1H;/q4*-1;;;+2/p-2. The molecule has 41 heavy (non-hydrogen) atoms. The van der Waals surface area contributed by atoms with Gasteiger partial charge in [-0.15, -0.1) is 0 Å². The van der Waals surface area contributed by atoms with Crippen molar-refractivity contribution in [3.05, 3.63) is 76.7 Å². The fraction of sp³-hybridized carbons (Fsp3) is 0.647. The van der Waals surface area contributed by atoms with Crippen molar-refractivity contribution in [1.82, 2.24) is 0 Å². The van der Waals surface area contributed by atoms with Gasteiger partial charge in [0.15, 0.2) is 0 Å². The number of halogens is 2. The number of rotatable bonds is 4. The molecule has 0 aliphatic heterocycles. The van der Waals surface area contributed by atoms with Crippen LogP contribution in [0.1, 0.15) is 67.2 Å². The van der Waals surface area contributed by atoms with E-state index in [1.54, 1.807) is 0 Å². The van der Waals surface area contributed by atoms with Gasteiger partial charge in [0.25, 0.3) is 0 Å². The van der Waals surface area contributed by atoms with E-state index in [-0.39, 0.29) is 24.9 Å². The van der Waals surface area contributed by atoms with Crippen molar-refractivity contribution in [3.8, 4) is 0 Å². The summed E-state index contributed by atoms with van der Waals surface area (Å²) in [6.45, 7) is 31.5. The molecule has 0 amide bonds. The maximum absolute atomic E-state index is 6.38. The topological polar surface area (TPSA) is 18.5 Å². The average Bonchev–Trinajstić information content (AvgIpc) is 3.34. The molecule has 0 spiro atoms. The van der Waals surface area contributed by atoms with Crippen LogP contribution in [0.2, 0.25) is 36.3 Å². The zero-order chi connectivity index (χ0) is 29.8. The van der Waals surface area contributed by atoms with Gasteiger partial charge >= 0.3 is 37.9 Å². The number of fused-ring (bicyclic) bond motifs is 2. The quantitative estimate of drug-likeness (QED) is 0.213. The SMILES string of the molecule is [CH2-]C1CCC2C=C(O[Si](C)(C)C(C)(C)C)C=CC12.[CH2-]C1CCC2C=C(O[Si](C)(C)C(C)(C)C)C=CC12.[CH3-].[CH3-].[Cl][Zr][Cl]. The molecule has 0 aromatic rings. The van der Waals surface area contributed by atoms with Gasteiger partial charge in [-0.25, -0.2) is 0 Å². The van der Waals surface area contributed by atoms with Crippen molar-refractivity contribution < 1.29 is 29.7 Å². The third-order valence-electron chi connectivity index (χ3n) is 9.90. The Morgan fingerprint density at radius 2 is 0.976 bits per heavy atom. The average molecular weight is 719 g/mol. The first-order chi connectivity index (χ1) is 17.8. The van der Waals surface area contributed by atoms with Gasteiger partial charge in [-0.3, -0.25) is 0 Å². The molecule has 2 fully saturated rings. The minimum absolute atomic E-state index is 0. The first-order valence-electron chi connectivity index (χ1n) is 14.6. The van der Waals surface area contributed by atoms with Crippen molar-refractivity contribution in [2.24, 2.45) is 35.5 Å². The van der Waals surface area contributed by atoms with Crippen LogP contribution in [0.3, 0.4) is 0 Å². The molecule has 0 bridgehead atoms. The van der Waals surface area contributed by atoms with Gasteiger partial charge < -0.3 is 37.6 Å². The van der Waals surface area contributed by atoms with E-state index >= 15 is 0 Å². The first kappa shape index (κ1) is 41.5. The minimum atomic E-state index is -1.69. The molecular weight excluding hydrogens is 659 g/mol. The second-order valence-electron chi connectivity index (χ2n) is 14.8. The predicted molar refractivity (Wildman–Crippen MR) is 186 cm³/mol. The van der Waals surface area contributed by atoms with E-state index in [1.165, 1.54) is 25.7 Å². The third-order valence-corrected chi connectivity index (χ3v) is 18.6. The molecule has 0 saturated heterocycles. The van der Waals surface area contributed by atoms with Crippen LogP contribution in [0, 0.1) is 64.2 Å². The molecule has 6 unspecified atom stereocenters. The van der Waals surface area contributed by atoms with E-state index < -0.39 is 37.5 Å². The van der Waals surface area contributed by atoms with Crippen LogP contribution in [-0.2, 0) is 29.7 Å². The van der Waals surface area contributed by atoms with Crippen molar-refractivity contribution in [3.63, 3.8) is 0 Å². The Bertz CT molecular complexity index is 854. The van der Waals surface area contributed by atoms with Gasteiger partial charge in [0, 0.05) is 0 Å². The summed E-state index contributed by atoms with van der Waals surface area (Å²) in [5.74, 6) is 6.03. The maximum atomic E-state index is 6.38. The Morgan fingerprint density at radius 1 is 0.683 bits per heavy atom. The van der Waals surface area contributed by atoms with E-state index in [4.69, 9.17) is 25.9 Å². The number of allylic oxidation sites excluding steroid dienone is 6. The molecule has 0 N–H and O–H groups in total. The third kappa shape index (κ3) is 11.4. The molecule has 0 aromatic heterocycles. The zero-order valence-electron chi connectivity index (χ0n) is 28.2. The second kappa shape index (κ2) is 16.7.